The molecule has 1 aliphatic rings. The van der Waals surface area contributed by atoms with Crippen LogP contribution in [0.3, 0.4) is 0 Å². The SMILES string of the molecule is CCc1nc(C2CCNCC2)[nH]c1CC(C)C. The van der Waals surface area contributed by atoms with E-state index in [4.69, 9.17) is 4.98 Å². The van der Waals surface area contributed by atoms with Gasteiger partial charge >= 0.3 is 0 Å². The fraction of sp³-hybridized carbons (Fsp3) is 0.786. The van der Waals surface area contributed by atoms with Crippen molar-refractivity contribution in [3.8, 4) is 0 Å². The number of hydrogen-bond donors (Lipinski definition) is 2. The van der Waals surface area contributed by atoms with Crippen LogP contribution in [0.15, 0.2) is 0 Å². The highest BCUT2D eigenvalue weighted by Gasteiger charge is 2.20. The van der Waals surface area contributed by atoms with E-state index in [-0.39, 0.29) is 0 Å². The Hall–Kier alpha value is -0.830. The van der Waals surface area contributed by atoms with E-state index in [1.165, 1.54) is 30.1 Å². The van der Waals surface area contributed by atoms with Crippen molar-refractivity contribution in [3.05, 3.63) is 17.2 Å². The van der Waals surface area contributed by atoms with Gasteiger partial charge in [-0.05, 0) is 44.7 Å². The number of nitrogens with zero attached hydrogens (tertiary/aromatic N) is 1. The Kier molecular flexibility index (Phi) is 4.21. The lowest BCUT2D eigenvalue weighted by molar-refractivity contribution is 0.446. The summed E-state index contributed by atoms with van der Waals surface area (Å²) in [5.41, 5.74) is 2.66. The maximum absolute atomic E-state index is 4.82. The lowest BCUT2D eigenvalue weighted by Crippen LogP contribution is -2.27. The van der Waals surface area contributed by atoms with E-state index in [0.29, 0.717) is 11.8 Å². The fourth-order valence-corrected chi connectivity index (χ4v) is 2.63. The molecular weight excluding hydrogens is 210 g/mol. The number of H-pyrrole nitrogens is 1. The summed E-state index contributed by atoms with van der Waals surface area (Å²) in [6, 6.07) is 0. The van der Waals surface area contributed by atoms with Crippen LogP contribution in [0.5, 0.6) is 0 Å². The molecule has 0 atom stereocenters. The molecule has 0 aromatic carbocycles. The molecule has 0 unspecified atom stereocenters. The molecule has 0 bridgehead atoms. The Bertz CT molecular complexity index is 348. The minimum atomic E-state index is 0.641. The van der Waals surface area contributed by atoms with Gasteiger partial charge in [0.1, 0.15) is 5.82 Å². The summed E-state index contributed by atoms with van der Waals surface area (Å²) in [5.74, 6) is 2.57. The van der Waals surface area contributed by atoms with Crippen molar-refractivity contribution in [2.45, 2.75) is 52.4 Å². The van der Waals surface area contributed by atoms with Crippen LogP contribution in [0.1, 0.15) is 56.7 Å². The second-order valence-electron chi connectivity index (χ2n) is 5.52. The van der Waals surface area contributed by atoms with E-state index in [0.717, 1.165) is 25.9 Å². The number of aryl methyl sites for hydroxylation is 1. The molecule has 1 aliphatic heterocycles. The zero-order chi connectivity index (χ0) is 12.3. The summed E-state index contributed by atoms with van der Waals surface area (Å²) in [5, 5.41) is 3.41. The van der Waals surface area contributed by atoms with E-state index >= 15 is 0 Å². The van der Waals surface area contributed by atoms with Gasteiger partial charge < -0.3 is 10.3 Å². The maximum Gasteiger partial charge on any atom is 0.109 e. The first-order valence-electron chi connectivity index (χ1n) is 6.99. The van der Waals surface area contributed by atoms with Gasteiger partial charge in [0.25, 0.3) is 0 Å². The van der Waals surface area contributed by atoms with Gasteiger partial charge in [0, 0.05) is 11.6 Å². The summed E-state index contributed by atoms with van der Waals surface area (Å²) in [6.07, 6.45) is 4.61. The monoisotopic (exact) mass is 235 g/mol. The van der Waals surface area contributed by atoms with Crippen LogP contribution in [-0.4, -0.2) is 23.1 Å². The summed E-state index contributed by atoms with van der Waals surface area (Å²) < 4.78 is 0. The van der Waals surface area contributed by atoms with E-state index in [9.17, 15) is 0 Å². The average molecular weight is 235 g/mol. The van der Waals surface area contributed by atoms with Gasteiger partial charge in [-0.15, -0.1) is 0 Å². The maximum atomic E-state index is 4.82. The topological polar surface area (TPSA) is 40.7 Å². The van der Waals surface area contributed by atoms with E-state index in [1.54, 1.807) is 0 Å². The minimum Gasteiger partial charge on any atom is -0.345 e. The van der Waals surface area contributed by atoms with Crippen LogP contribution in [-0.2, 0) is 12.8 Å². The van der Waals surface area contributed by atoms with E-state index in [2.05, 4.69) is 31.1 Å². The second-order valence-corrected chi connectivity index (χ2v) is 5.52. The number of aromatic amines is 1. The lowest BCUT2D eigenvalue weighted by Gasteiger charge is -2.20. The van der Waals surface area contributed by atoms with Crippen LogP contribution >= 0.6 is 0 Å². The fourth-order valence-electron chi connectivity index (χ4n) is 2.63. The van der Waals surface area contributed by atoms with Gasteiger partial charge in [0.2, 0.25) is 0 Å². The first-order chi connectivity index (χ1) is 8.20. The summed E-state index contributed by atoms with van der Waals surface area (Å²) in [6.45, 7) is 9.00. The number of nitrogens with one attached hydrogen (secondary N) is 2. The van der Waals surface area contributed by atoms with Crippen molar-refractivity contribution in [2.75, 3.05) is 13.1 Å². The Morgan fingerprint density at radius 3 is 2.59 bits per heavy atom. The highest BCUT2D eigenvalue weighted by Crippen LogP contribution is 2.24. The molecule has 2 N–H and O–H groups in total. The zero-order valence-electron chi connectivity index (χ0n) is 11.3. The van der Waals surface area contributed by atoms with Gasteiger partial charge in [-0.3, -0.25) is 0 Å². The van der Waals surface area contributed by atoms with Crippen molar-refractivity contribution in [1.82, 2.24) is 15.3 Å². The van der Waals surface area contributed by atoms with Crippen LogP contribution in [0.25, 0.3) is 0 Å². The van der Waals surface area contributed by atoms with Gasteiger partial charge in [0.15, 0.2) is 0 Å². The molecule has 2 rings (SSSR count). The molecule has 3 nitrogen and oxygen atoms in total. The molecule has 0 aliphatic carbocycles. The normalized spacial score (nSPS) is 17.9. The molecule has 1 aromatic rings. The smallest absolute Gasteiger partial charge is 0.109 e. The Morgan fingerprint density at radius 2 is 2.00 bits per heavy atom. The average Bonchev–Trinajstić information content (AvgIpc) is 2.72. The molecular formula is C14H25N3. The molecule has 0 spiro atoms. The number of rotatable bonds is 4. The summed E-state index contributed by atoms with van der Waals surface area (Å²) in [7, 11) is 0. The zero-order valence-corrected chi connectivity index (χ0v) is 11.3. The molecule has 0 saturated carbocycles. The van der Waals surface area contributed by atoms with Gasteiger partial charge in [-0.25, -0.2) is 4.98 Å². The molecule has 1 saturated heterocycles. The van der Waals surface area contributed by atoms with Crippen LogP contribution in [0, 0.1) is 5.92 Å². The second kappa shape index (κ2) is 5.67. The molecule has 0 amide bonds. The number of aromatic nitrogens is 2. The lowest BCUT2D eigenvalue weighted by atomic mass is 9.98. The predicted molar refractivity (Wildman–Crippen MR) is 71.4 cm³/mol. The molecule has 3 heteroatoms. The van der Waals surface area contributed by atoms with Crippen LogP contribution in [0.2, 0.25) is 0 Å². The molecule has 2 heterocycles. The first-order valence-corrected chi connectivity index (χ1v) is 6.99. The van der Waals surface area contributed by atoms with Gasteiger partial charge in [-0.1, -0.05) is 20.8 Å². The third-order valence-corrected chi connectivity index (χ3v) is 3.56. The van der Waals surface area contributed by atoms with Crippen molar-refractivity contribution in [3.63, 3.8) is 0 Å². The predicted octanol–water partition coefficient (Wildman–Crippen LogP) is 2.64. The quantitative estimate of drug-likeness (QED) is 0.842. The summed E-state index contributed by atoms with van der Waals surface area (Å²) in [4.78, 5) is 8.42. The third-order valence-electron chi connectivity index (χ3n) is 3.56. The van der Waals surface area contributed by atoms with Gasteiger partial charge in [-0.2, -0.15) is 0 Å². The molecule has 1 fully saturated rings. The summed E-state index contributed by atoms with van der Waals surface area (Å²) >= 11 is 0. The Morgan fingerprint density at radius 1 is 1.29 bits per heavy atom. The van der Waals surface area contributed by atoms with Crippen LogP contribution in [0.4, 0.5) is 0 Å². The van der Waals surface area contributed by atoms with E-state index < -0.39 is 0 Å². The number of imidazole rings is 1. The largest absolute Gasteiger partial charge is 0.345 e. The number of piperidine rings is 1. The van der Waals surface area contributed by atoms with Crippen LogP contribution < -0.4 is 5.32 Å². The molecule has 96 valence electrons. The van der Waals surface area contributed by atoms with Crippen molar-refractivity contribution < 1.29 is 0 Å². The van der Waals surface area contributed by atoms with Crippen molar-refractivity contribution in [2.24, 2.45) is 5.92 Å². The van der Waals surface area contributed by atoms with Crippen molar-refractivity contribution in [1.29, 1.82) is 0 Å². The van der Waals surface area contributed by atoms with Crippen molar-refractivity contribution >= 4 is 0 Å². The standard InChI is InChI=1S/C14H25N3/c1-4-12-13(9-10(2)3)17-14(16-12)11-5-7-15-8-6-11/h10-11,15H,4-9H2,1-3H3,(H,16,17). The minimum absolute atomic E-state index is 0.641. The molecule has 0 radical (unpaired) electrons. The molecule has 17 heavy (non-hydrogen) atoms. The third kappa shape index (κ3) is 3.09. The van der Waals surface area contributed by atoms with Gasteiger partial charge in [0.05, 0.1) is 5.69 Å². The number of hydrogen-bond acceptors (Lipinski definition) is 2. The Labute approximate surface area is 104 Å². The molecule has 1 aromatic heterocycles. The van der Waals surface area contributed by atoms with E-state index in [1.807, 2.05) is 0 Å². The highest BCUT2D eigenvalue weighted by molar-refractivity contribution is 5.17. The Balaban J connectivity index is 2.14. The first kappa shape index (κ1) is 12.6. The highest BCUT2D eigenvalue weighted by atomic mass is 15.0.